The van der Waals surface area contributed by atoms with Gasteiger partial charge in [-0.25, -0.2) is 5.48 Å². The van der Waals surface area contributed by atoms with Crippen molar-refractivity contribution in [3.05, 3.63) is 0 Å². The third-order valence-corrected chi connectivity index (χ3v) is 2.28. The maximum absolute atomic E-state index is 11.0. The number of rotatable bonds is 5. The van der Waals surface area contributed by atoms with Gasteiger partial charge >= 0.3 is 0 Å². The van der Waals surface area contributed by atoms with Crippen LogP contribution in [-0.2, 0) is 14.4 Å². The lowest BCUT2D eigenvalue weighted by atomic mass is 9.80. The van der Waals surface area contributed by atoms with Crippen LogP contribution < -0.4 is 5.48 Å². The fraction of sp³-hybridized carbons (Fsp3) is 0.889. The summed E-state index contributed by atoms with van der Waals surface area (Å²) in [6, 6.07) is 0. The molecule has 1 amide bonds. The molecule has 1 aliphatic carbocycles. The van der Waals surface area contributed by atoms with E-state index in [-0.39, 0.29) is 5.91 Å². The van der Waals surface area contributed by atoms with Crippen molar-refractivity contribution in [3.63, 3.8) is 0 Å². The van der Waals surface area contributed by atoms with Crippen LogP contribution in [0, 0.1) is 5.92 Å². The fourth-order valence-electron chi connectivity index (χ4n) is 1.63. The minimum Gasteiger partial charge on any atom is -0.378 e. The number of hydroxylamine groups is 1. The van der Waals surface area contributed by atoms with Crippen LogP contribution in [0.5, 0.6) is 0 Å². The Bertz CT molecular complexity index is 166. The second kappa shape index (κ2) is 5.19. The number of hydrogen-bond acceptors (Lipinski definition) is 3. The molecule has 0 bridgehead atoms. The predicted octanol–water partition coefficient (Wildman–Crippen LogP) is 0.869. The lowest BCUT2D eigenvalue weighted by Crippen LogP contribution is -2.35. The number of nitrogens with one attached hydrogen (secondary N) is 1. The molecule has 4 nitrogen and oxygen atoms in total. The molecule has 76 valence electrons. The van der Waals surface area contributed by atoms with Crippen molar-refractivity contribution >= 4 is 5.91 Å². The van der Waals surface area contributed by atoms with Crippen molar-refractivity contribution in [2.24, 2.45) is 5.92 Å². The Hall–Kier alpha value is -0.610. The zero-order valence-electron chi connectivity index (χ0n) is 8.21. The van der Waals surface area contributed by atoms with Gasteiger partial charge in [-0.15, -0.1) is 0 Å². The van der Waals surface area contributed by atoms with E-state index in [1.165, 1.54) is 7.11 Å². The van der Waals surface area contributed by atoms with Crippen LogP contribution in [0.1, 0.15) is 26.2 Å². The van der Waals surface area contributed by atoms with Gasteiger partial charge in [0, 0.05) is 13.0 Å². The number of ether oxygens (including phenoxy) is 1. The zero-order chi connectivity index (χ0) is 9.68. The summed E-state index contributed by atoms with van der Waals surface area (Å²) in [5.74, 6) is 0.439. The summed E-state index contributed by atoms with van der Waals surface area (Å²) < 4.78 is 5.39. The van der Waals surface area contributed by atoms with Crippen molar-refractivity contribution in [1.29, 1.82) is 0 Å². The van der Waals surface area contributed by atoms with Gasteiger partial charge in [0.1, 0.15) is 0 Å². The molecule has 1 saturated carbocycles. The molecule has 0 unspecified atom stereocenters. The molecule has 0 spiro atoms. The van der Waals surface area contributed by atoms with E-state index in [1.54, 1.807) is 0 Å². The van der Waals surface area contributed by atoms with Gasteiger partial charge < -0.3 is 4.74 Å². The first-order valence-corrected chi connectivity index (χ1v) is 4.69. The molecule has 0 saturated heterocycles. The smallest absolute Gasteiger partial charge is 0.243 e. The maximum atomic E-state index is 11.0. The van der Waals surface area contributed by atoms with Gasteiger partial charge in [-0.1, -0.05) is 0 Å². The van der Waals surface area contributed by atoms with Crippen LogP contribution in [0.2, 0.25) is 0 Å². The van der Waals surface area contributed by atoms with Crippen molar-refractivity contribution in [2.45, 2.75) is 32.3 Å². The van der Waals surface area contributed by atoms with Crippen LogP contribution in [0.4, 0.5) is 0 Å². The van der Waals surface area contributed by atoms with Crippen molar-refractivity contribution in [1.82, 2.24) is 5.48 Å². The van der Waals surface area contributed by atoms with Crippen LogP contribution in [0.15, 0.2) is 0 Å². The Balaban J connectivity index is 2.04. The third-order valence-electron chi connectivity index (χ3n) is 2.28. The van der Waals surface area contributed by atoms with Crippen molar-refractivity contribution < 1.29 is 14.4 Å². The van der Waals surface area contributed by atoms with Crippen LogP contribution in [0.3, 0.4) is 0 Å². The first-order chi connectivity index (χ1) is 6.26. The highest BCUT2D eigenvalue weighted by atomic mass is 16.6. The van der Waals surface area contributed by atoms with E-state index in [0.717, 1.165) is 19.4 Å². The van der Waals surface area contributed by atoms with Gasteiger partial charge in [0.25, 0.3) is 0 Å². The van der Waals surface area contributed by atoms with E-state index >= 15 is 0 Å². The summed E-state index contributed by atoms with van der Waals surface area (Å²) in [5, 5.41) is 0. The first kappa shape index (κ1) is 10.5. The summed E-state index contributed by atoms with van der Waals surface area (Å²) >= 11 is 0. The minimum absolute atomic E-state index is 0.0394. The highest BCUT2D eigenvalue weighted by Gasteiger charge is 2.30. The van der Waals surface area contributed by atoms with E-state index in [2.05, 4.69) is 10.3 Å². The Morgan fingerprint density at radius 3 is 2.77 bits per heavy atom. The summed E-state index contributed by atoms with van der Waals surface area (Å²) in [7, 11) is 1.45. The Kier molecular flexibility index (Phi) is 4.18. The number of amides is 1. The highest BCUT2D eigenvalue weighted by molar-refractivity contribution is 5.75. The maximum Gasteiger partial charge on any atom is 0.243 e. The molecule has 1 N–H and O–H groups in total. The molecule has 0 aromatic rings. The summed E-state index contributed by atoms with van der Waals surface area (Å²) in [6.45, 7) is 2.76. The van der Waals surface area contributed by atoms with Crippen molar-refractivity contribution in [3.8, 4) is 0 Å². The molecule has 0 radical (unpaired) electrons. The summed E-state index contributed by atoms with van der Waals surface area (Å²) in [4.78, 5) is 15.6. The fourth-order valence-corrected chi connectivity index (χ4v) is 1.63. The number of carbonyl (C=O) groups excluding carboxylic acids is 1. The van der Waals surface area contributed by atoms with Crippen LogP contribution in [0.25, 0.3) is 0 Å². The molecular formula is C9H17NO3. The molecule has 0 aromatic carbocycles. The average molecular weight is 187 g/mol. The highest BCUT2D eigenvalue weighted by Crippen LogP contribution is 2.32. The van der Waals surface area contributed by atoms with E-state index in [9.17, 15) is 4.79 Å². The third kappa shape index (κ3) is 3.32. The monoisotopic (exact) mass is 187 g/mol. The average Bonchev–Trinajstić information content (AvgIpc) is 2.01. The van der Waals surface area contributed by atoms with Gasteiger partial charge in [-0.2, -0.15) is 0 Å². The van der Waals surface area contributed by atoms with E-state index in [0.29, 0.717) is 18.4 Å². The molecule has 0 heterocycles. The molecule has 1 aliphatic rings. The molecule has 0 aromatic heterocycles. The SMILES string of the molecule is CCOC1CC(CC(=O)NOC)C1. The molecule has 13 heavy (non-hydrogen) atoms. The lowest BCUT2D eigenvalue weighted by molar-refractivity contribution is -0.134. The first-order valence-electron chi connectivity index (χ1n) is 4.69. The van der Waals surface area contributed by atoms with Gasteiger partial charge in [-0.3, -0.25) is 9.63 Å². The van der Waals surface area contributed by atoms with Gasteiger partial charge in [0.15, 0.2) is 0 Å². The van der Waals surface area contributed by atoms with Crippen LogP contribution in [-0.4, -0.2) is 25.7 Å². The Labute approximate surface area is 78.5 Å². The normalized spacial score (nSPS) is 26.6. The largest absolute Gasteiger partial charge is 0.378 e. The molecule has 4 heteroatoms. The zero-order valence-corrected chi connectivity index (χ0v) is 8.21. The number of hydrogen-bond donors (Lipinski definition) is 1. The topological polar surface area (TPSA) is 47.6 Å². The minimum atomic E-state index is -0.0394. The summed E-state index contributed by atoms with van der Waals surface area (Å²) in [5.41, 5.74) is 2.31. The lowest BCUT2D eigenvalue weighted by Gasteiger charge is -2.34. The van der Waals surface area contributed by atoms with Gasteiger partial charge in [0.2, 0.25) is 5.91 Å². The van der Waals surface area contributed by atoms with Crippen LogP contribution >= 0.6 is 0 Å². The second-order valence-corrected chi connectivity index (χ2v) is 3.35. The van der Waals surface area contributed by atoms with Gasteiger partial charge in [0.05, 0.1) is 13.2 Å². The van der Waals surface area contributed by atoms with Crippen molar-refractivity contribution in [2.75, 3.05) is 13.7 Å². The van der Waals surface area contributed by atoms with E-state index < -0.39 is 0 Å². The van der Waals surface area contributed by atoms with Gasteiger partial charge in [-0.05, 0) is 25.7 Å². The molecule has 0 atom stereocenters. The quantitative estimate of drug-likeness (QED) is 0.650. The molecule has 1 rings (SSSR count). The van der Waals surface area contributed by atoms with E-state index in [4.69, 9.17) is 4.74 Å². The Morgan fingerprint density at radius 2 is 2.23 bits per heavy atom. The second-order valence-electron chi connectivity index (χ2n) is 3.35. The summed E-state index contributed by atoms with van der Waals surface area (Å²) in [6.07, 6.45) is 2.94. The Morgan fingerprint density at radius 1 is 1.54 bits per heavy atom. The molecule has 1 fully saturated rings. The number of carbonyl (C=O) groups is 1. The molecular weight excluding hydrogens is 170 g/mol. The van der Waals surface area contributed by atoms with E-state index in [1.807, 2.05) is 6.92 Å². The molecule has 0 aliphatic heterocycles. The predicted molar refractivity (Wildman–Crippen MR) is 47.9 cm³/mol. The standard InChI is InChI=1S/C9H17NO3/c1-3-13-8-4-7(5-8)6-9(11)10-12-2/h7-8H,3-6H2,1-2H3,(H,10,11).